The smallest absolute Gasteiger partial charge is 0.248 e. The van der Waals surface area contributed by atoms with Gasteiger partial charge in [0.05, 0.1) is 5.75 Å². The summed E-state index contributed by atoms with van der Waals surface area (Å²) in [4.78, 5) is 10.9. The molecule has 1 aromatic carbocycles. The van der Waals surface area contributed by atoms with E-state index >= 15 is 0 Å². The van der Waals surface area contributed by atoms with Gasteiger partial charge in [0.25, 0.3) is 0 Å². The number of benzene rings is 1. The van der Waals surface area contributed by atoms with Gasteiger partial charge >= 0.3 is 0 Å². The average Bonchev–Trinajstić information content (AvgIpc) is 2.27. The van der Waals surface area contributed by atoms with E-state index in [9.17, 15) is 13.2 Å². The van der Waals surface area contributed by atoms with Crippen molar-refractivity contribution in [3.05, 3.63) is 35.4 Å². The molecule has 0 saturated heterocycles. The van der Waals surface area contributed by atoms with Crippen LogP contribution in [0.3, 0.4) is 0 Å². The minimum absolute atomic E-state index is 0.0997. The topological polar surface area (TPSA) is 89.3 Å². The third kappa shape index (κ3) is 4.54. The fourth-order valence-electron chi connectivity index (χ4n) is 1.37. The SMILES string of the molecule is CCCS(=O)(=O)NCc1cccc(C(N)=O)c1. The molecule has 1 aromatic rings. The number of hydrogen-bond donors (Lipinski definition) is 2. The van der Waals surface area contributed by atoms with E-state index < -0.39 is 15.9 Å². The lowest BCUT2D eigenvalue weighted by Gasteiger charge is -2.06. The lowest BCUT2D eigenvalue weighted by molar-refractivity contribution is 0.1000. The molecule has 0 atom stereocenters. The van der Waals surface area contributed by atoms with Crippen molar-refractivity contribution in [1.82, 2.24) is 4.72 Å². The Bertz CT molecular complexity index is 497. The largest absolute Gasteiger partial charge is 0.366 e. The first kappa shape index (κ1) is 13.7. The van der Waals surface area contributed by atoms with Crippen LogP contribution in [0, 0.1) is 0 Å². The second kappa shape index (κ2) is 5.79. The Morgan fingerprint density at radius 3 is 2.71 bits per heavy atom. The first-order chi connectivity index (χ1) is 7.94. The van der Waals surface area contributed by atoms with E-state index in [0.717, 1.165) is 0 Å². The highest BCUT2D eigenvalue weighted by Gasteiger charge is 2.08. The molecule has 3 N–H and O–H groups in total. The summed E-state index contributed by atoms with van der Waals surface area (Å²) in [5.74, 6) is -0.425. The molecule has 0 saturated carbocycles. The minimum Gasteiger partial charge on any atom is -0.366 e. The number of rotatable bonds is 6. The van der Waals surface area contributed by atoms with Crippen LogP contribution in [0.15, 0.2) is 24.3 Å². The first-order valence-electron chi connectivity index (χ1n) is 5.30. The minimum atomic E-state index is -3.23. The number of nitrogens with one attached hydrogen (secondary N) is 1. The number of carbonyl (C=O) groups is 1. The molecule has 94 valence electrons. The molecule has 0 heterocycles. The molecule has 0 aliphatic carbocycles. The second-order valence-electron chi connectivity index (χ2n) is 3.70. The van der Waals surface area contributed by atoms with Crippen molar-refractivity contribution in [3.8, 4) is 0 Å². The number of sulfonamides is 1. The zero-order chi connectivity index (χ0) is 12.9. The maximum atomic E-state index is 11.4. The van der Waals surface area contributed by atoms with Gasteiger partial charge in [0.1, 0.15) is 0 Å². The summed E-state index contributed by atoms with van der Waals surface area (Å²) in [5, 5.41) is 0. The molecule has 0 bridgehead atoms. The number of hydrogen-bond acceptors (Lipinski definition) is 3. The summed E-state index contributed by atoms with van der Waals surface area (Å²) < 4.78 is 25.3. The number of nitrogens with two attached hydrogens (primary N) is 1. The molecule has 0 aliphatic heterocycles. The molecule has 6 heteroatoms. The molecule has 0 spiro atoms. The van der Waals surface area contributed by atoms with Gasteiger partial charge in [-0.15, -0.1) is 0 Å². The standard InChI is InChI=1S/C11H16N2O3S/c1-2-6-17(15,16)13-8-9-4-3-5-10(7-9)11(12)14/h3-5,7,13H,2,6,8H2,1H3,(H2,12,14). The fourth-order valence-corrected chi connectivity index (χ4v) is 2.44. The molecule has 0 unspecified atom stereocenters. The maximum absolute atomic E-state index is 11.4. The van der Waals surface area contributed by atoms with E-state index in [0.29, 0.717) is 17.5 Å². The van der Waals surface area contributed by atoms with Crippen molar-refractivity contribution in [2.24, 2.45) is 5.73 Å². The molecule has 17 heavy (non-hydrogen) atoms. The van der Waals surface area contributed by atoms with Crippen LogP contribution in [-0.4, -0.2) is 20.1 Å². The summed E-state index contributed by atoms with van der Waals surface area (Å²) in [6.45, 7) is 1.97. The van der Waals surface area contributed by atoms with Gasteiger partial charge in [-0.2, -0.15) is 0 Å². The molecular weight excluding hydrogens is 240 g/mol. The van der Waals surface area contributed by atoms with Gasteiger partial charge in [0.15, 0.2) is 0 Å². The molecule has 5 nitrogen and oxygen atoms in total. The molecular formula is C11H16N2O3S. The Balaban J connectivity index is 2.70. The Morgan fingerprint density at radius 1 is 1.41 bits per heavy atom. The molecule has 1 amide bonds. The van der Waals surface area contributed by atoms with Crippen molar-refractivity contribution < 1.29 is 13.2 Å². The average molecular weight is 256 g/mol. The van der Waals surface area contributed by atoms with Crippen molar-refractivity contribution >= 4 is 15.9 Å². The van der Waals surface area contributed by atoms with E-state index in [1.54, 1.807) is 31.2 Å². The zero-order valence-electron chi connectivity index (χ0n) is 9.64. The summed E-state index contributed by atoms with van der Waals surface area (Å²) in [7, 11) is -3.23. The van der Waals surface area contributed by atoms with Crippen LogP contribution in [0.5, 0.6) is 0 Å². The van der Waals surface area contributed by atoms with E-state index in [2.05, 4.69) is 4.72 Å². The maximum Gasteiger partial charge on any atom is 0.248 e. The summed E-state index contributed by atoms with van der Waals surface area (Å²) in [6.07, 6.45) is 0.566. The van der Waals surface area contributed by atoms with Gasteiger partial charge < -0.3 is 5.73 Å². The highest BCUT2D eigenvalue weighted by molar-refractivity contribution is 7.89. The summed E-state index contributed by atoms with van der Waals surface area (Å²) in [5.41, 5.74) is 6.22. The monoisotopic (exact) mass is 256 g/mol. The third-order valence-electron chi connectivity index (χ3n) is 2.18. The van der Waals surface area contributed by atoms with Crippen LogP contribution in [0.25, 0.3) is 0 Å². The van der Waals surface area contributed by atoms with Gasteiger partial charge in [0.2, 0.25) is 15.9 Å². The van der Waals surface area contributed by atoms with Crippen molar-refractivity contribution in [1.29, 1.82) is 0 Å². The van der Waals surface area contributed by atoms with Gasteiger partial charge in [-0.3, -0.25) is 4.79 Å². The van der Waals surface area contributed by atoms with E-state index in [-0.39, 0.29) is 12.3 Å². The van der Waals surface area contributed by atoms with E-state index in [1.807, 2.05) is 0 Å². The van der Waals surface area contributed by atoms with Crippen LogP contribution < -0.4 is 10.5 Å². The summed E-state index contributed by atoms with van der Waals surface area (Å²) >= 11 is 0. The predicted octanol–water partition coefficient (Wildman–Crippen LogP) is 0.615. The van der Waals surface area contributed by atoms with Gasteiger partial charge in [-0.25, -0.2) is 13.1 Å². The van der Waals surface area contributed by atoms with Crippen LogP contribution >= 0.6 is 0 Å². The Hall–Kier alpha value is -1.40. The first-order valence-corrected chi connectivity index (χ1v) is 6.96. The van der Waals surface area contributed by atoms with E-state index in [1.165, 1.54) is 0 Å². The lowest BCUT2D eigenvalue weighted by atomic mass is 10.1. The Labute approximate surface area is 101 Å². The molecule has 0 aromatic heterocycles. The quantitative estimate of drug-likeness (QED) is 0.781. The molecule has 0 radical (unpaired) electrons. The normalized spacial score (nSPS) is 11.4. The zero-order valence-corrected chi connectivity index (χ0v) is 10.5. The van der Waals surface area contributed by atoms with Gasteiger partial charge in [-0.05, 0) is 24.1 Å². The molecule has 0 aliphatic rings. The van der Waals surface area contributed by atoms with Gasteiger partial charge in [0, 0.05) is 12.1 Å². The van der Waals surface area contributed by atoms with E-state index in [4.69, 9.17) is 5.73 Å². The molecule has 0 fully saturated rings. The lowest BCUT2D eigenvalue weighted by Crippen LogP contribution is -2.25. The highest BCUT2D eigenvalue weighted by atomic mass is 32.2. The number of primary amides is 1. The third-order valence-corrected chi connectivity index (χ3v) is 3.71. The predicted molar refractivity (Wildman–Crippen MR) is 65.9 cm³/mol. The van der Waals surface area contributed by atoms with Crippen molar-refractivity contribution in [3.63, 3.8) is 0 Å². The number of carbonyl (C=O) groups excluding carboxylic acids is 1. The molecule has 1 rings (SSSR count). The fraction of sp³-hybridized carbons (Fsp3) is 0.364. The summed E-state index contributed by atoms with van der Waals surface area (Å²) in [6, 6.07) is 6.58. The van der Waals surface area contributed by atoms with Crippen molar-refractivity contribution in [2.75, 3.05) is 5.75 Å². The highest BCUT2D eigenvalue weighted by Crippen LogP contribution is 2.05. The van der Waals surface area contributed by atoms with Crippen LogP contribution in [-0.2, 0) is 16.6 Å². The number of amides is 1. The van der Waals surface area contributed by atoms with Crippen molar-refractivity contribution in [2.45, 2.75) is 19.9 Å². The van der Waals surface area contributed by atoms with Gasteiger partial charge in [-0.1, -0.05) is 19.1 Å². The Kier molecular flexibility index (Phi) is 4.65. The van der Waals surface area contributed by atoms with Crippen LogP contribution in [0.1, 0.15) is 29.3 Å². The second-order valence-corrected chi connectivity index (χ2v) is 5.63. The Morgan fingerprint density at radius 2 is 2.12 bits per heavy atom. The van der Waals surface area contributed by atoms with Crippen LogP contribution in [0.4, 0.5) is 0 Å². The van der Waals surface area contributed by atoms with Crippen LogP contribution in [0.2, 0.25) is 0 Å².